The average Bonchev–Trinajstić information content (AvgIpc) is 3.09. The molecule has 0 aliphatic heterocycles. The van der Waals surface area contributed by atoms with E-state index in [1.165, 1.54) is 18.2 Å². The first kappa shape index (κ1) is 15.6. The summed E-state index contributed by atoms with van der Waals surface area (Å²) < 4.78 is 24.6. The molecule has 0 atom stereocenters. The lowest BCUT2D eigenvalue weighted by Crippen LogP contribution is -2.10. The molecule has 0 aliphatic rings. The van der Waals surface area contributed by atoms with E-state index in [1.807, 2.05) is 27.1 Å². The highest BCUT2D eigenvalue weighted by Gasteiger charge is 2.13. The van der Waals surface area contributed by atoms with Crippen LogP contribution in [0.15, 0.2) is 39.2 Å². The highest BCUT2D eigenvalue weighted by Crippen LogP contribution is 2.27. The van der Waals surface area contributed by atoms with Gasteiger partial charge in [-0.15, -0.1) is 0 Å². The molecular weight excluding hydrogens is 323 g/mol. The predicted octanol–water partition coefficient (Wildman–Crippen LogP) is 4.22. The van der Waals surface area contributed by atoms with Crippen LogP contribution in [0.4, 0.5) is 16.4 Å². The molecule has 0 bridgehead atoms. The number of nitrogens with one attached hydrogen (secondary N) is 1. The molecule has 0 fully saturated rings. The first-order valence-corrected chi connectivity index (χ1v) is 7.86. The SMILES string of the molecule is Cc1cc(CN(C)C)cc2nc(Nc3nc4cc(F)ccc4o3)oc12. The summed E-state index contributed by atoms with van der Waals surface area (Å²) in [6, 6.07) is 8.75. The number of fused-ring (bicyclic) bond motifs is 2. The lowest BCUT2D eigenvalue weighted by atomic mass is 10.1. The molecule has 0 saturated heterocycles. The predicted molar refractivity (Wildman–Crippen MR) is 93.4 cm³/mol. The number of anilines is 2. The summed E-state index contributed by atoms with van der Waals surface area (Å²) in [6.07, 6.45) is 0. The van der Waals surface area contributed by atoms with Gasteiger partial charge in [0.25, 0.3) is 0 Å². The zero-order valence-electron chi connectivity index (χ0n) is 14.1. The second-order valence-corrected chi connectivity index (χ2v) is 6.27. The van der Waals surface area contributed by atoms with E-state index in [4.69, 9.17) is 8.83 Å². The molecule has 0 unspecified atom stereocenters. The van der Waals surface area contributed by atoms with Crippen LogP contribution in [-0.4, -0.2) is 29.0 Å². The number of hydrogen-bond acceptors (Lipinski definition) is 6. The maximum Gasteiger partial charge on any atom is 0.303 e. The van der Waals surface area contributed by atoms with E-state index in [1.54, 1.807) is 0 Å². The minimum Gasteiger partial charge on any atom is -0.423 e. The van der Waals surface area contributed by atoms with Crippen LogP contribution in [0.5, 0.6) is 0 Å². The van der Waals surface area contributed by atoms with Gasteiger partial charge in [0, 0.05) is 12.6 Å². The fourth-order valence-corrected chi connectivity index (χ4v) is 2.83. The van der Waals surface area contributed by atoms with Crippen LogP contribution in [-0.2, 0) is 6.54 Å². The Morgan fingerprint density at radius 1 is 1.04 bits per heavy atom. The first-order chi connectivity index (χ1) is 12.0. The molecule has 4 rings (SSSR count). The van der Waals surface area contributed by atoms with Crippen LogP contribution in [0, 0.1) is 12.7 Å². The number of halogens is 1. The van der Waals surface area contributed by atoms with Crippen molar-refractivity contribution in [2.75, 3.05) is 19.4 Å². The normalized spacial score (nSPS) is 11.7. The van der Waals surface area contributed by atoms with Crippen LogP contribution < -0.4 is 5.32 Å². The summed E-state index contributed by atoms with van der Waals surface area (Å²) >= 11 is 0. The highest BCUT2D eigenvalue weighted by atomic mass is 19.1. The Bertz CT molecular complexity index is 1070. The van der Waals surface area contributed by atoms with E-state index in [0.717, 1.165) is 23.2 Å². The standard InChI is InChI=1S/C18H17FN4O2/c1-10-6-11(9-23(2)3)7-14-16(10)25-18(21-14)22-17-20-13-8-12(19)4-5-15(13)24-17/h4-8H,9H2,1-3H3,(H,20,21,22). The van der Waals surface area contributed by atoms with Crippen molar-refractivity contribution in [3.63, 3.8) is 0 Å². The molecule has 6 nitrogen and oxygen atoms in total. The Hall–Kier alpha value is -2.93. The van der Waals surface area contributed by atoms with Crippen LogP contribution in [0.1, 0.15) is 11.1 Å². The van der Waals surface area contributed by atoms with E-state index in [9.17, 15) is 4.39 Å². The van der Waals surface area contributed by atoms with Crippen molar-refractivity contribution >= 4 is 34.2 Å². The highest BCUT2D eigenvalue weighted by molar-refractivity contribution is 5.80. The minimum absolute atomic E-state index is 0.207. The van der Waals surface area contributed by atoms with Crippen molar-refractivity contribution in [2.45, 2.75) is 13.5 Å². The van der Waals surface area contributed by atoms with Gasteiger partial charge in [-0.1, -0.05) is 6.07 Å². The monoisotopic (exact) mass is 340 g/mol. The van der Waals surface area contributed by atoms with Gasteiger partial charge in [-0.05, 0) is 50.3 Å². The molecule has 2 aromatic carbocycles. The molecule has 0 saturated carbocycles. The van der Waals surface area contributed by atoms with E-state index >= 15 is 0 Å². The topological polar surface area (TPSA) is 67.3 Å². The van der Waals surface area contributed by atoms with Gasteiger partial charge in [-0.2, -0.15) is 9.97 Å². The molecule has 0 radical (unpaired) electrons. The smallest absolute Gasteiger partial charge is 0.303 e. The Labute approximate surface area is 143 Å². The Morgan fingerprint density at radius 3 is 2.60 bits per heavy atom. The molecule has 25 heavy (non-hydrogen) atoms. The molecule has 0 amide bonds. The zero-order chi connectivity index (χ0) is 17.6. The van der Waals surface area contributed by atoms with Gasteiger partial charge in [0.15, 0.2) is 11.2 Å². The second kappa shape index (κ2) is 5.86. The van der Waals surface area contributed by atoms with E-state index in [0.29, 0.717) is 16.7 Å². The second-order valence-electron chi connectivity index (χ2n) is 6.27. The van der Waals surface area contributed by atoms with Crippen LogP contribution >= 0.6 is 0 Å². The van der Waals surface area contributed by atoms with Gasteiger partial charge in [-0.25, -0.2) is 4.39 Å². The van der Waals surface area contributed by atoms with Crippen molar-refractivity contribution in [1.29, 1.82) is 0 Å². The first-order valence-electron chi connectivity index (χ1n) is 7.86. The van der Waals surface area contributed by atoms with Gasteiger partial charge in [0.1, 0.15) is 16.9 Å². The molecule has 1 N–H and O–H groups in total. The lowest BCUT2D eigenvalue weighted by molar-refractivity contribution is 0.402. The summed E-state index contributed by atoms with van der Waals surface area (Å²) in [7, 11) is 4.04. The van der Waals surface area contributed by atoms with Gasteiger partial charge in [0.2, 0.25) is 0 Å². The number of aryl methyl sites for hydroxylation is 1. The number of oxazole rings is 2. The van der Waals surface area contributed by atoms with Crippen LogP contribution in [0.25, 0.3) is 22.2 Å². The fourth-order valence-electron chi connectivity index (χ4n) is 2.83. The molecule has 4 aromatic rings. The molecular formula is C18H17FN4O2. The minimum atomic E-state index is -0.363. The van der Waals surface area contributed by atoms with E-state index in [-0.39, 0.29) is 17.8 Å². The van der Waals surface area contributed by atoms with E-state index < -0.39 is 0 Å². The Kier molecular flexibility index (Phi) is 3.65. The van der Waals surface area contributed by atoms with Gasteiger partial charge in [-0.3, -0.25) is 5.32 Å². The molecule has 0 spiro atoms. The number of rotatable bonds is 4. The van der Waals surface area contributed by atoms with Gasteiger partial charge >= 0.3 is 12.0 Å². The third-order valence-corrected chi connectivity index (χ3v) is 3.80. The number of benzene rings is 2. The molecule has 2 aromatic heterocycles. The number of hydrogen-bond donors (Lipinski definition) is 1. The zero-order valence-corrected chi connectivity index (χ0v) is 14.1. The fraction of sp³-hybridized carbons (Fsp3) is 0.222. The van der Waals surface area contributed by atoms with Crippen molar-refractivity contribution in [2.24, 2.45) is 0 Å². The Balaban J connectivity index is 1.67. The average molecular weight is 340 g/mol. The maximum absolute atomic E-state index is 13.2. The third kappa shape index (κ3) is 3.06. The number of nitrogens with zero attached hydrogens (tertiary/aromatic N) is 3. The molecule has 128 valence electrons. The van der Waals surface area contributed by atoms with Crippen LogP contribution in [0.2, 0.25) is 0 Å². The van der Waals surface area contributed by atoms with Gasteiger partial charge in [0.05, 0.1) is 0 Å². The maximum atomic E-state index is 13.2. The largest absolute Gasteiger partial charge is 0.423 e. The summed E-state index contributed by atoms with van der Waals surface area (Å²) in [5, 5.41) is 2.90. The summed E-state index contributed by atoms with van der Waals surface area (Å²) in [4.78, 5) is 10.7. The van der Waals surface area contributed by atoms with Crippen molar-refractivity contribution < 1.29 is 13.2 Å². The lowest BCUT2D eigenvalue weighted by Gasteiger charge is -2.09. The molecule has 0 aliphatic carbocycles. The summed E-state index contributed by atoms with van der Waals surface area (Å²) in [5.41, 5.74) is 4.57. The molecule has 2 heterocycles. The van der Waals surface area contributed by atoms with Crippen LogP contribution in [0.3, 0.4) is 0 Å². The third-order valence-electron chi connectivity index (χ3n) is 3.80. The number of aromatic nitrogens is 2. The quantitative estimate of drug-likeness (QED) is 0.600. The summed E-state index contributed by atoms with van der Waals surface area (Å²) in [5.74, 6) is -0.363. The molecule has 7 heteroatoms. The van der Waals surface area contributed by atoms with Crippen molar-refractivity contribution in [3.8, 4) is 0 Å². The summed E-state index contributed by atoms with van der Waals surface area (Å²) in [6.45, 7) is 2.81. The Morgan fingerprint density at radius 2 is 1.80 bits per heavy atom. The van der Waals surface area contributed by atoms with Crippen molar-refractivity contribution in [3.05, 3.63) is 47.3 Å². The van der Waals surface area contributed by atoms with Crippen molar-refractivity contribution in [1.82, 2.24) is 14.9 Å². The van der Waals surface area contributed by atoms with Gasteiger partial charge < -0.3 is 13.7 Å². The van der Waals surface area contributed by atoms with E-state index in [2.05, 4.69) is 26.3 Å².